The molecule has 0 saturated heterocycles. The standard InChI is InChI=1S/C18H12N6O10S2/c1-11-3-5-13(7-17(11)23(25)26)35(29,30)33-21-15(9-19)16(10-20)22-34-36(31,32)14-6-4-12(2)18(8-14)24(27)28/h3-8H,1-2H3/b21-15+,22-16+. The van der Waals surface area contributed by atoms with Gasteiger partial charge in [0.25, 0.3) is 11.4 Å². The van der Waals surface area contributed by atoms with E-state index in [9.17, 15) is 37.1 Å². The van der Waals surface area contributed by atoms with E-state index in [4.69, 9.17) is 10.5 Å². The molecule has 0 aliphatic carbocycles. The molecule has 18 heteroatoms. The predicted octanol–water partition coefficient (Wildman–Crippen LogP) is 1.99. The molecule has 0 radical (unpaired) electrons. The van der Waals surface area contributed by atoms with Crippen molar-refractivity contribution in [3.05, 3.63) is 67.8 Å². The van der Waals surface area contributed by atoms with Crippen LogP contribution in [0.5, 0.6) is 0 Å². The molecule has 0 unspecified atom stereocenters. The topological polar surface area (TPSA) is 245 Å². The van der Waals surface area contributed by atoms with Crippen molar-refractivity contribution in [2.24, 2.45) is 10.3 Å². The first-order valence-corrected chi connectivity index (χ1v) is 11.9. The first-order valence-electron chi connectivity index (χ1n) is 9.07. The Balaban J connectivity index is 2.36. The van der Waals surface area contributed by atoms with Crippen molar-refractivity contribution in [1.82, 2.24) is 0 Å². The van der Waals surface area contributed by atoms with E-state index in [0.29, 0.717) is 12.1 Å². The van der Waals surface area contributed by atoms with E-state index >= 15 is 0 Å². The zero-order chi connectivity index (χ0) is 27.3. The summed E-state index contributed by atoms with van der Waals surface area (Å²) in [5.74, 6) is 0. The van der Waals surface area contributed by atoms with Crippen molar-refractivity contribution in [3.63, 3.8) is 0 Å². The fourth-order valence-electron chi connectivity index (χ4n) is 2.37. The van der Waals surface area contributed by atoms with Gasteiger partial charge < -0.3 is 0 Å². The van der Waals surface area contributed by atoms with Crippen molar-refractivity contribution in [2.45, 2.75) is 23.6 Å². The minimum absolute atomic E-state index is 0.149. The van der Waals surface area contributed by atoms with Crippen molar-refractivity contribution in [1.29, 1.82) is 10.5 Å². The molecule has 0 aromatic heterocycles. The lowest BCUT2D eigenvalue weighted by molar-refractivity contribution is -0.385. The van der Waals surface area contributed by atoms with Crippen LogP contribution < -0.4 is 0 Å². The number of nitro groups is 2. The summed E-state index contributed by atoms with van der Waals surface area (Å²) in [6, 6.07) is 8.07. The van der Waals surface area contributed by atoms with E-state index in [1.54, 1.807) is 0 Å². The summed E-state index contributed by atoms with van der Waals surface area (Å²) in [5, 5.41) is 46.3. The fraction of sp³-hybridized carbons (Fsp3) is 0.111. The molecular weight excluding hydrogens is 524 g/mol. The number of oxime groups is 2. The Morgan fingerprint density at radius 1 is 0.778 bits per heavy atom. The summed E-state index contributed by atoms with van der Waals surface area (Å²) in [5.41, 5.74) is -3.05. The Hall–Kier alpha value is -4.94. The third-order valence-electron chi connectivity index (χ3n) is 4.22. The highest BCUT2D eigenvalue weighted by atomic mass is 32.2. The zero-order valence-corrected chi connectivity index (χ0v) is 19.7. The maximum absolute atomic E-state index is 12.3. The molecule has 0 amide bonds. The van der Waals surface area contributed by atoms with Gasteiger partial charge >= 0.3 is 20.2 Å². The second-order valence-electron chi connectivity index (χ2n) is 6.57. The van der Waals surface area contributed by atoms with Crippen LogP contribution in [0, 0.1) is 56.7 Å². The largest absolute Gasteiger partial charge is 0.358 e. The number of hydrogen-bond donors (Lipinski definition) is 0. The Morgan fingerprint density at radius 2 is 1.11 bits per heavy atom. The quantitative estimate of drug-likeness (QED) is 0.253. The Morgan fingerprint density at radius 3 is 1.39 bits per heavy atom. The van der Waals surface area contributed by atoms with Gasteiger partial charge in [0.15, 0.2) is 0 Å². The lowest BCUT2D eigenvalue weighted by Crippen LogP contribution is -2.15. The SMILES string of the molecule is Cc1ccc(S(=O)(=O)O/N=C(C#N)/C(C#N)=N/OS(=O)(=O)c2ccc(C)c([N+](=O)[O-])c2)cc1[N+](=O)[O-]. The maximum Gasteiger partial charge on any atom is 0.358 e. The number of nitriles is 2. The number of nitrogens with zero attached hydrogens (tertiary/aromatic N) is 6. The Kier molecular flexibility index (Phi) is 8.00. The van der Waals surface area contributed by atoms with Gasteiger partial charge in [0.05, 0.1) is 9.85 Å². The van der Waals surface area contributed by atoms with Crippen molar-refractivity contribution >= 4 is 43.0 Å². The lowest BCUT2D eigenvalue weighted by atomic mass is 10.2. The second-order valence-corrected chi connectivity index (χ2v) is 9.63. The molecule has 0 atom stereocenters. The Labute approximate surface area is 202 Å². The molecule has 2 rings (SSSR count). The van der Waals surface area contributed by atoms with Crippen LogP contribution in [0.1, 0.15) is 11.1 Å². The highest BCUT2D eigenvalue weighted by Crippen LogP contribution is 2.24. The lowest BCUT2D eigenvalue weighted by Gasteiger charge is -2.04. The third kappa shape index (κ3) is 6.14. The van der Waals surface area contributed by atoms with E-state index in [0.717, 1.165) is 24.3 Å². The molecule has 0 heterocycles. The molecule has 0 saturated carbocycles. The van der Waals surface area contributed by atoms with Crippen LogP contribution in [0.3, 0.4) is 0 Å². The first-order chi connectivity index (χ1) is 16.7. The van der Waals surface area contributed by atoms with Gasteiger partial charge in [-0.15, -0.1) is 0 Å². The summed E-state index contributed by atoms with van der Waals surface area (Å²) in [4.78, 5) is 19.0. The van der Waals surface area contributed by atoms with Gasteiger partial charge in [-0.3, -0.25) is 28.8 Å². The molecule has 0 spiro atoms. The zero-order valence-electron chi connectivity index (χ0n) is 18.0. The second kappa shape index (κ2) is 10.5. The molecule has 0 aliphatic heterocycles. The average Bonchev–Trinajstić information content (AvgIpc) is 2.81. The predicted molar refractivity (Wildman–Crippen MR) is 118 cm³/mol. The summed E-state index contributed by atoms with van der Waals surface area (Å²) in [7, 11) is -9.63. The maximum atomic E-state index is 12.3. The van der Waals surface area contributed by atoms with E-state index in [-0.39, 0.29) is 11.1 Å². The molecule has 0 aliphatic rings. The number of rotatable bonds is 9. The molecule has 0 fully saturated rings. The van der Waals surface area contributed by atoms with Gasteiger partial charge in [0, 0.05) is 23.3 Å². The van der Waals surface area contributed by atoms with Gasteiger partial charge in [-0.05, 0) is 26.0 Å². The van der Waals surface area contributed by atoms with Crippen molar-refractivity contribution < 1.29 is 35.2 Å². The summed E-state index contributed by atoms with van der Waals surface area (Å²) in [6.07, 6.45) is 0. The summed E-state index contributed by atoms with van der Waals surface area (Å²) >= 11 is 0. The molecule has 2 aromatic carbocycles. The van der Waals surface area contributed by atoms with Crippen LogP contribution in [-0.4, -0.2) is 38.1 Å². The minimum Gasteiger partial charge on any atom is -0.263 e. The number of aryl methyl sites for hydroxylation is 2. The van der Waals surface area contributed by atoms with E-state index < -0.39 is 62.7 Å². The van der Waals surface area contributed by atoms with Crippen LogP contribution in [-0.2, 0) is 28.8 Å². The number of hydrogen-bond acceptors (Lipinski definition) is 14. The molecule has 186 valence electrons. The fourth-order valence-corrected chi connectivity index (χ4v) is 3.87. The van der Waals surface area contributed by atoms with Crippen LogP contribution in [0.15, 0.2) is 56.5 Å². The molecule has 0 N–H and O–H groups in total. The van der Waals surface area contributed by atoms with Gasteiger partial charge in [-0.1, -0.05) is 22.4 Å². The molecule has 16 nitrogen and oxygen atoms in total. The molecule has 0 bridgehead atoms. The summed E-state index contributed by atoms with van der Waals surface area (Å²) < 4.78 is 57.8. The van der Waals surface area contributed by atoms with E-state index in [2.05, 4.69) is 18.9 Å². The van der Waals surface area contributed by atoms with Crippen LogP contribution in [0.2, 0.25) is 0 Å². The smallest absolute Gasteiger partial charge is 0.263 e. The molecule has 2 aromatic rings. The van der Waals surface area contributed by atoms with E-state index in [1.165, 1.54) is 26.0 Å². The van der Waals surface area contributed by atoms with Crippen LogP contribution in [0.4, 0.5) is 11.4 Å². The normalized spacial score (nSPS) is 12.2. The highest BCUT2D eigenvalue weighted by Gasteiger charge is 2.24. The highest BCUT2D eigenvalue weighted by molar-refractivity contribution is 7.87. The number of nitro benzene ring substituents is 2. The third-order valence-corrected chi connectivity index (χ3v) is 6.43. The van der Waals surface area contributed by atoms with E-state index in [1.807, 2.05) is 0 Å². The monoisotopic (exact) mass is 536 g/mol. The van der Waals surface area contributed by atoms with Gasteiger partial charge in [0.2, 0.25) is 11.4 Å². The van der Waals surface area contributed by atoms with Crippen molar-refractivity contribution in [2.75, 3.05) is 0 Å². The summed E-state index contributed by atoms with van der Waals surface area (Å²) in [6.45, 7) is 2.72. The van der Waals surface area contributed by atoms with Gasteiger partial charge in [-0.25, -0.2) is 0 Å². The van der Waals surface area contributed by atoms with Crippen LogP contribution >= 0.6 is 0 Å². The average molecular weight is 536 g/mol. The Bertz CT molecular complexity index is 1490. The first kappa shape index (κ1) is 27.3. The minimum atomic E-state index is -4.81. The van der Waals surface area contributed by atoms with Gasteiger partial charge in [-0.2, -0.15) is 27.4 Å². The molecular formula is C18H12N6O10S2. The number of benzene rings is 2. The van der Waals surface area contributed by atoms with Gasteiger partial charge in [0.1, 0.15) is 21.9 Å². The van der Waals surface area contributed by atoms with Crippen molar-refractivity contribution in [3.8, 4) is 12.1 Å². The molecule has 36 heavy (non-hydrogen) atoms. The van der Waals surface area contributed by atoms with Crippen LogP contribution in [0.25, 0.3) is 0 Å².